The number of aliphatic imine (C=N–C) groups is 1. The molecule has 0 aromatic heterocycles. The Kier molecular flexibility index (Phi) is 1.89. The van der Waals surface area contributed by atoms with Crippen molar-refractivity contribution in [2.45, 2.75) is 33.2 Å². The van der Waals surface area contributed by atoms with Crippen LogP contribution in [0.1, 0.15) is 27.2 Å². The minimum Gasteiger partial charge on any atom is -0.294 e. The molecule has 0 aliphatic carbocycles. The van der Waals surface area contributed by atoms with Crippen molar-refractivity contribution in [2.24, 2.45) is 16.8 Å². The van der Waals surface area contributed by atoms with Gasteiger partial charge in [-0.05, 0) is 25.2 Å². The molecule has 1 rings (SSSR count). The van der Waals surface area contributed by atoms with E-state index in [4.69, 9.17) is 0 Å². The number of hydrogen-bond acceptors (Lipinski definition) is 1. The summed E-state index contributed by atoms with van der Waals surface area (Å²) in [6.07, 6.45) is 3.40. The molecule has 3 atom stereocenters. The van der Waals surface area contributed by atoms with Gasteiger partial charge in [-0.2, -0.15) is 0 Å². The Bertz CT molecular complexity index is 118. The monoisotopic (exact) mass is 125 g/mol. The second-order valence-electron chi connectivity index (χ2n) is 3.23. The molecule has 0 N–H and O–H groups in total. The summed E-state index contributed by atoms with van der Waals surface area (Å²) in [6.45, 7) is 6.69. The fourth-order valence-corrected chi connectivity index (χ4v) is 1.27. The van der Waals surface area contributed by atoms with E-state index in [0.717, 1.165) is 5.92 Å². The van der Waals surface area contributed by atoms with Gasteiger partial charge in [-0.3, -0.25) is 4.99 Å². The molecular weight excluding hydrogens is 110 g/mol. The standard InChI is InChI=1S/C8H15N/c1-6-4-7(2)8(3)9-5-6/h5-8H,4H2,1-3H3/t6?,7-,8?/m0/s1. The van der Waals surface area contributed by atoms with Gasteiger partial charge < -0.3 is 0 Å². The third kappa shape index (κ3) is 1.54. The molecule has 0 saturated heterocycles. The molecule has 0 saturated carbocycles. The maximum Gasteiger partial charge on any atom is 0.0493 e. The zero-order chi connectivity index (χ0) is 6.85. The van der Waals surface area contributed by atoms with Gasteiger partial charge in [0.15, 0.2) is 0 Å². The van der Waals surface area contributed by atoms with Crippen molar-refractivity contribution in [1.29, 1.82) is 0 Å². The maximum absolute atomic E-state index is 4.37. The van der Waals surface area contributed by atoms with Crippen LogP contribution in [0, 0.1) is 11.8 Å². The molecule has 0 bridgehead atoms. The molecule has 2 unspecified atom stereocenters. The minimum atomic E-state index is 0.557. The summed E-state index contributed by atoms with van der Waals surface area (Å²) >= 11 is 0. The number of rotatable bonds is 0. The molecule has 0 aromatic carbocycles. The van der Waals surface area contributed by atoms with E-state index in [2.05, 4.69) is 32.0 Å². The highest BCUT2D eigenvalue weighted by atomic mass is 14.8. The van der Waals surface area contributed by atoms with Crippen LogP contribution in [-0.4, -0.2) is 12.3 Å². The van der Waals surface area contributed by atoms with Crippen molar-refractivity contribution in [3.8, 4) is 0 Å². The van der Waals surface area contributed by atoms with E-state index in [1.54, 1.807) is 0 Å². The molecule has 1 heteroatoms. The summed E-state index contributed by atoms with van der Waals surface area (Å²) in [7, 11) is 0. The normalized spacial score (nSPS) is 43.2. The minimum absolute atomic E-state index is 0.557. The predicted molar refractivity (Wildman–Crippen MR) is 40.9 cm³/mol. The first-order chi connectivity index (χ1) is 4.20. The summed E-state index contributed by atoms with van der Waals surface area (Å²) in [4.78, 5) is 4.37. The van der Waals surface area contributed by atoms with E-state index >= 15 is 0 Å². The summed E-state index contributed by atoms with van der Waals surface area (Å²) in [6, 6.07) is 0.557. The zero-order valence-electron chi connectivity index (χ0n) is 6.46. The first kappa shape index (κ1) is 6.79. The van der Waals surface area contributed by atoms with Crippen molar-refractivity contribution in [3.63, 3.8) is 0 Å². The Balaban J connectivity index is 2.54. The van der Waals surface area contributed by atoms with Gasteiger partial charge in [0.1, 0.15) is 0 Å². The van der Waals surface area contributed by atoms with Crippen LogP contribution in [0.4, 0.5) is 0 Å². The molecule has 1 aliphatic heterocycles. The van der Waals surface area contributed by atoms with E-state index in [1.165, 1.54) is 6.42 Å². The Morgan fingerprint density at radius 3 is 2.44 bits per heavy atom. The van der Waals surface area contributed by atoms with Crippen LogP contribution in [0.2, 0.25) is 0 Å². The fraction of sp³-hybridized carbons (Fsp3) is 0.875. The Labute approximate surface area is 57.2 Å². The van der Waals surface area contributed by atoms with Gasteiger partial charge in [-0.15, -0.1) is 0 Å². The molecule has 0 aromatic rings. The number of hydrogen-bond donors (Lipinski definition) is 0. The van der Waals surface area contributed by atoms with Crippen LogP contribution in [-0.2, 0) is 0 Å². The highest BCUT2D eigenvalue weighted by Gasteiger charge is 2.17. The first-order valence-corrected chi connectivity index (χ1v) is 3.73. The van der Waals surface area contributed by atoms with Crippen LogP contribution in [0.25, 0.3) is 0 Å². The zero-order valence-corrected chi connectivity index (χ0v) is 6.46. The molecule has 1 aliphatic rings. The molecule has 1 nitrogen and oxygen atoms in total. The van der Waals surface area contributed by atoms with Crippen molar-refractivity contribution in [3.05, 3.63) is 0 Å². The third-order valence-electron chi connectivity index (χ3n) is 2.14. The second kappa shape index (κ2) is 2.51. The molecule has 0 radical (unpaired) electrons. The van der Waals surface area contributed by atoms with Crippen LogP contribution in [0.5, 0.6) is 0 Å². The van der Waals surface area contributed by atoms with Crippen molar-refractivity contribution >= 4 is 6.21 Å². The summed E-state index contributed by atoms with van der Waals surface area (Å²) in [5.74, 6) is 1.49. The highest BCUT2D eigenvalue weighted by molar-refractivity contribution is 5.61. The lowest BCUT2D eigenvalue weighted by Gasteiger charge is -2.23. The van der Waals surface area contributed by atoms with Gasteiger partial charge in [0.25, 0.3) is 0 Å². The second-order valence-corrected chi connectivity index (χ2v) is 3.23. The van der Waals surface area contributed by atoms with Crippen LogP contribution >= 0.6 is 0 Å². The molecule has 52 valence electrons. The molecule has 1 heterocycles. The maximum atomic E-state index is 4.37. The lowest BCUT2D eigenvalue weighted by molar-refractivity contribution is 0.400. The average Bonchev–Trinajstić information content (AvgIpc) is 1.80. The summed E-state index contributed by atoms with van der Waals surface area (Å²) in [5.41, 5.74) is 0. The van der Waals surface area contributed by atoms with Gasteiger partial charge >= 0.3 is 0 Å². The van der Waals surface area contributed by atoms with Crippen LogP contribution < -0.4 is 0 Å². The summed E-state index contributed by atoms with van der Waals surface area (Å²) in [5, 5.41) is 0. The topological polar surface area (TPSA) is 12.4 Å². The van der Waals surface area contributed by atoms with Crippen molar-refractivity contribution < 1.29 is 0 Å². The summed E-state index contributed by atoms with van der Waals surface area (Å²) < 4.78 is 0. The lowest BCUT2D eigenvalue weighted by atomic mass is 9.90. The van der Waals surface area contributed by atoms with E-state index in [1.807, 2.05) is 0 Å². The van der Waals surface area contributed by atoms with Crippen LogP contribution in [0.3, 0.4) is 0 Å². The predicted octanol–water partition coefficient (Wildman–Crippen LogP) is 2.12. The lowest BCUT2D eigenvalue weighted by Crippen LogP contribution is -2.21. The van der Waals surface area contributed by atoms with Crippen molar-refractivity contribution in [1.82, 2.24) is 0 Å². The smallest absolute Gasteiger partial charge is 0.0493 e. The third-order valence-corrected chi connectivity index (χ3v) is 2.14. The van der Waals surface area contributed by atoms with Gasteiger partial charge in [-0.1, -0.05) is 13.8 Å². The van der Waals surface area contributed by atoms with E-state index in [9.17, 15) is 0 Å². The molecule has 9 heavy (non-hydrogen) atoms. The molecule has 0 fully saturated rings. The number of nitrogens with zero attached hydrogens (tertiary/aromatic N) is 1. The van der Waals surface area contributed by atoms with Gasteiger partial charge in [0.2, 0.25) is 0 Å². The van der Waals surface area contributed by atoms with Crippen molar-refractivity contribution in [2.75, 3.05) is 0 Å². The average molecular weight is 125 g/mol. The molecular formula is C8H15N. The van der Waals surface area contributed by atoms with E-state index in [0.29, 0.717) is 12.0 Å². The van der Waals surface area contributed by atoms with Gasteiger partial charge in [0, 0.05) is 12.3 Å². The SMILES string of the molecule is CC1C=NC(C)[C@@H](C)C1. The van der Waals surface area contributed by atoms with Crippen LogP contribution in [0.15, 0.2) is 4.99 Å². The quantitative estimate of drug-likeness (QED) is 0.470. The highest BCUT2D eigenvalue weighted by Crippen LogP contribution is 2.20. The Hall–Kier alpha value is -0.330. The molecule has 0 amide bonds. The Morgan fingerprint density at radius 1 is 1.33 bits per heavy atom. The van der Waals surface area contributed by atoms with E-state index < -0.39 is 0 Å². The first-order valence-electron chi connectivity index (χ1n) is 3.73. The fourth-order valence-electron chi connectivity index (χ4n) is 1.27. The van der Waals surface area contributed by atoms with Gasteiger partial charge in [0.05, 0.1) is 0 Å². The molecule has 0 spiro atoms. The van der Waals surface area contributed by atoms with E-state index in [-0.39, 0.29) is 0 Å². The van der Waals surface area contributed by atoms with Gasteiger partial charge in [-0.25, -0.2) is 0 Å². The Morgan fingerprint density at radius 2 is 2.00 bits per heavy atom. The largest absolute Gasteiger partial charge is 0.294 e.